The van der Waals surface area contributed by atoms with Crippen LogP contribution in [-0.2, 0) is 9.84 Å². The standard InChI is InChI=1S/C10H23NO2S/c1-4-6-10(9-11-5-2)7-8-14(3,12)13/h10-11H,4-9H2,1-3H3. The lowest BCUT2D eigenvalue weighted by Crippen LogP contribution is -2.24. The maximum absolute atomic E-state index is 11.0. The number of rotatable bonds is 8. The summed E-state index contributed by atoms with van der Waals surface area (Å²) in [7, 11) is -2.79. The fourth-order valence-corrected chi connectivity index (χ4v) is 2.25. The Bertz CT molecular complexity index is 224. The average Bonchev–Trinajstić information content (AvgIpc) is 2.08. The van der Waals surface area contributed by atoms with Gasteiger partial charge in [-0.15, -0.1) is 0 Å². The zero-order valence-corrected chi connectivity index (χ0v) is 10.4. The molecule has 0 spiro atoms. The first-order valence-corrected chi connectivity index (χ1v) is 7.44. The van der Waals surface area contributed by atoms with E-state index >= 15 is 0 Å². The Morgan fingerprint density at radius 1 is 1.21 bits per heavy atom. The first kappa shape index (κ1) is 13.9. The van der Waals surface area contributed by atoms with Crippen LogP contribution in [-0.4, -0.2) is 33.5 Å². The summed E-state index contributed by atoms with van der Waals surface area (Å²) in [4.78, 5) is 0. The molecule has 0 radical (unpaired) electrons. The summed E-state index contributed by atoms with van der Waals surface area (Å²) in [6.45, 7) is 6.11. The minimum absolute atomic E-state index is 0.322. The lowest BCUT2D eigenvalue weighted by molar-refractivity contribution is 0.434. The van der Waals surface area contributed by atoms with Crippen molar-refractivity contribution in [2.24, 2.45) is 5.92 Å². The third-order valence-electron chi connectivity index (χ3n) is 2.28. The highest BCUT2D eigenvalue weighted by Gasteiger charge is 2.10. The molecule has 0 saturated carbocycles. The molecule has 1 N–H and O–H groups in total. The second-order valence-corrected chi connectivity index (χ2v) is 6.14. The topological polar surface area (TPSA) is 46.2 Å². The van der Waals surface area contributed by atoms with E-state index in [1.165, 1.54) is 6.26 Å². The summed E-state index contributed by atoms with van der Waals surface area (Å²) in [6, 6.07) is 0. The van der Waals surface area contributed by atoms with Gasteiger partial charge in [-0.2, -0.15) is 0 Å². The average molecular weight is 221 g/mol. The molecule has 0 aliphatic carbocycles. The Balaban J connectivity index is 3.84. The predicted molar refractivity (Wildman–Crippen MR) is 61.3 cm³/mol. The van der Waals surface area contributed by atoms with Gasteiger partial charge in [0, 0.05) is 6.26 Å². The van der Waals surface area contributed by atoms with Crippen LogP contribution < -0.4 is 5.32 Å². The van der Waals surface area contributed by atoms with Crippen LogP contribution in [0.1, 0.15) is 33.1 Å². The Morgan fingerprint density at radius 2 is 1.86 bits per heavy atom. The molecule has 0 aliphatic rings. The van der Waals surface area contributed by atoms with E-state index in [4.69, 9.17) is 0 Å². The van der Waals surface area contributed by atoms with E-state index in [2.05, 4.69) is 19.2 Å². The molecule has 1 atom stereocenters. The van der Waals surface area contributed by atoms with E-state index in [0.29, 0.717) is 11.7 Å². The Hall–Kier alpha value is -0.0900. The van der Waals surface area contributed by atoms with Crippen LogP contribution in [0.15, 0.2) is 0 Å². The highest BCUT2D eigenvalue weighted by Crippen LogP contribution is 2.11. The smallest absolute Gasteiger partial charge is 0.147 e. The lowest BCUT2D eigenvalue weighted by atomic mass is 10.0. The molecular formula is C10H23NO2S. The van der Waals surface area contributed by atoms with Gasteiger partial charge in [-0.1, -0.05) is 20.3 Å². The first-order valence-electron chi connectivity index (χ1n) is 5.38. The second kappa shape index (κ2) is 7.23. The SMILES string of the molecule is CCCC(CCS(C)(=O)=O)CNCC. The molecule has 0 aromatic rings. The third-order valence-corrected chi connectivity index (χ3v) is 3.25. The van der Waals surface area contributed by atoms with Gasteiger partial charge in [0.15, 0.2) is 0 Å². The number of hydrogen-bond acceptors (Lipinski definition) is 3. The molecule has 0 heterocycles. The number of sulfone groups is 1. The quantitative estimate of drug-likeness (QED) is 0.675. The Morgan fingerprint density at radius 3 is 2.29 bits per heavy atom. The van der Waals surface area contributed by atoms with Crippen LogP contribution in [0.5, 0.6) is 0 Å². The molecule has 0 bridgehead atoms. The minimum atomic E-state index is -2.79. The van der Waals surface area contributed by atoms with Crippen molar-refractivity contribution in [3.8, 4) is 0 Å². The summed E-state index contributed by atoms with van der Waals surface area (Å²) < 4.78 is 22.0. The van der Waals surface area contributed by atoms with Gasteiger partial charge in [-0.05, 0) is 31.8 Å². The zero-order chi connectivity index (χ0) is 11.0. The number of hydrogen-bond donors (Lipinski definition) is 1. The maximum Gasteiger partial charge on any atom is 0.147 e. The van der Waals surface area contributed by atoms with E-state index in [9.17, 15) is 8.42 Å². The molecule has 0 aliphatic heterocycles. The van der Waals surface area contributed by atoms with Gasteiger partial charge in [0.2, 0.25) is 0 Å². The van der Waals surface area contributed by atoms with Crippen molar-refractivity contribution in [2.45, 2.75) is 33.1 Å². The van der Waals surface area contributed by atoms with Gasteiger partial charge in [0.25, 0.3) is 0 Å². The van der Waals surface area contributed by atoms with Crippen LogP contribution in [0.25, 0.3) is 0 Å². The van der Waals surface area contributed by atoms with Gasteiger partial charge >= 0.3 is 0 Å². The second-order valence-electron chi connectivity index (χ2n) is 3.88. The molecular weight excluding hydrogens is 198 g/mol. The van der Waals surface area contributed by atoms with Crippen LogP contribution in [0.2, 0.25) is 0 Å². The Labute approximate surface area is 88.2 Å². The summed E-state index contributed by atoms with van der Waals surface area (Å²) in [5.41, 5.74) is 0. The van der Waals surface area contributed by atoms with Crippen LogP contribution >= 0.6 is 0 Å². The van der Waals surface area contributed by atoms with E-state index in [-0.39, 0.29) is 0 Å². The van der Waals surface area contributed by atoms with Crippen molar-refractivity contribution in [2.75, 3.05) is 25.1 Å². The van der Waals surface area contributed by atoms with Gasteiger partial charge < -0.3 is 5.32 Å². The highest BCUT2D eigenvalue weighted by molar-refractivity contribution is 7.90. The Kier molecular flexibility index (Phi) is 7.19. The molecule has 0 rings (SSSR count). The van der Waals surface area contributed by atoms with Crippen molar-refractivity contribution < 1.29 is 8.42 Å². The van der Waals surface area contributed by atoms with Gasteiger partial charge in [-0.3, -0.25) is 0 Å². The van der Waals surface area contributed by atoms with E-state index in [1.54, 1.807) is 0 Å². The molecule has 0 saturated heterocycles. The maximum atomic E-state index is 11.0. The molecule has 3 nitrogen and oxygen atoms in total. The van der Waals surface area contributed by atoms with Crippen LogP contribution in [0.3, 0.4) is 0 Å². The molecule has 0 aromatic carbocycles. The molecule has 1 unspecified atom stereocenters. The summed E-state index contributed by atoms with van der Waals surface area (Å²) in [5, 5.41) is 3.27. The number of nitrogens with one attached hydrogen (secondary N) is 1. The summed E-state index contributed by atoms with van der Waals surface area (Å²) >= 11 is 0. The fraction of sp³-hybridized carbons (Fsp3) is 1.00. The van der Waals surface area contributed by atoms with E-state index in [0.717, 1.165) is 32.4 Å². The van der Waals surface area contributed by atoms with Crippen molar-refractivity contribution >= 4 is 9.84 Å². The molecule has 0 amide bonds. The molecule has 0 aromatic heterocycles. The highest BCUT2D eigenvalue weighted by atomic mass is 32.2. The lowest BCUT2D eigenvalue weighted by Gasteiger charge is -2.15. The predicted octanol–water partition coefficient (Wildman–Crippen LogP) is 1.45. The molecule has 4 heteroatoms. The van der Waals surface area contributed by atoms with Gasteiger partial charge in [0.05, 0.1) is 5.75 Å². The zero-order valence-electron chi connectivity index (χ0n) is 9.54. The van der Waals surface area contributed by atoms with Gasteiger partial charge in [-0.25, -0.2) is 8.42 Å². The largest absolute Gasteiger partial charge is 0.317 e. The fourth-order valence-electron chi connectivity index (χ4n) is 1.49. The van der Waals surface area contributed by atoms with Crippen molar-refractivity contribution in [1.29, 1.82) is 0 Å². The summed E-state index contributed by atoms with van der Waals surface area (Å²) in [5.74, 6) is 0.831. The third kappa shape index (κ3) is 8.51. The molecule has 0 fully saturated rings. The van der Waals surface area contributed by atoms with Crippen molar-refractivity contribution in [3.05, 3.63) is 0 Å². The van der Waals surface area contributed by atoms with Crippen LogP contribution in [0, 0.1) is 5.92 Å². The van der Waals surface area contributed by atoms with E-state index in [1.807, 2.05) is 0 Å². The molecule has 86 valence electrons. The minimum Gasteiger partial charge on any atom is -0.317 e. The molecule has 14 heavy (non-hydrogen) atoms. The summed E-state index contributed by atoms with van der Waals surface area (Å²) in [6.07, 6.45) is 4.34. The first-order chi connectivity index (χ1) is 6.49. The van der Waals surface area contributed by atoms with Gasteiger partial charge in [0.1, 0.15) is 9.84 Å². The monoisotopic (exact) mass is 221 g/mol. The van der Waals surface area contributed by atoms with Crippen molar-refractivity contribution in [1.82, 2.24) is 5.32 Å². The van der Waals surface area contributed by atoms with E-state index < -0.39 is 9.84 Å². The van der Waals surface area contributed by atoms with Crippen LogP contribution in [0.4, 0.5) is 0 Å². The van der Waals surface area contributed by atoms with Crippen molar-refractivity contribution in [3.63, 3.8) is 0 Å². The normalized spacial score (nSPS) is 14.2.